The maximum Gasteiger partial charge on any atom is 0.308 e. The van der Waals surface area contributed by atoms with Crippen LogP contribution in [-0.4, -0.2) is 31.1 Å². The van der Waals surface area contributed by atoms with E-state index in [4.69, 9.17) is 4.74 Å². The van der Waals surface area contributed by atoms with Gasteiger partial charge in [-0.25, -0.2) is 0 Å². The van der Waals surface area contributed by atoms with Gasteiger partial charge in [0.15, 0.2) is 0 Å². The van der Waals surface area contributed by atoms with Crippen LogP contribution in [0, 0.1) is 5.92 Å². The molecule has 1 aliphatic heterocycles. The summed E-state index contributed by atoms with van der Waals surface area (Å²) in [6, 6.07) is 6.95. The summed E-state index contributed by atoms with van der Waals surface area (Å²) in [4.78, 5) is 14.1. The lowest BCUT2D eigenvalue weighted by Crippen LogP contribution is -2.38. The standard InChI is InChI=1S/C17H24BrNO2/c1-4-13-11-15(18)5-6-16(13)12(2)19-9-7-14(8-10-19)17(20)21-3/h5-6,11-12,14H,4,7-10H2,1-3H3. The molecule has 116 valence electrons. The number of aryl methyl sites for hydroxylation is 1. The van der Waals surface area contributed by atoms with Crippen LogP contribution in [0.3, 0.4) is 0 Å². The quantitative estimate of drug-likeness (QED) is 0.767. The molecule has 0 N–H and O–H groups in total. The molecule has 21 heavy (non-hydrogen) atoms. The minimum absolute atomic E-state index is 0.0554. The molecule has 1 aliphatic rings. The summed E-state index contributed by atoms with van der Waals surface area (Å²) in [7, 11) is 1.48. The van der Waals surface area contributed by atoms with Gasteiger partial charge in [-0.15, -0.1) is 0 Å². The Morgan fingerprint density at radius 1 is 1.43 bits per heavy atom. The Bertz CT molecular complexity index is 496. The van der Waals surface area contributed by atoms with Gasteiger partial charge in [0, 0.05) is 10.5 Å². The molecule has 1 aromatic carbocycles. The topological polar surface area (TPSA) is 29.5 Å². The van der Waals surface area contributed by atoms with Gasteiger partial charge < -0.3 is 4.74 Å². The summed E-state index contributed by atoms with van der Waals surface area (Å²) >= 11 is 3.55. The molecule has 0 bridgehead atoms. The van der Waals surface area contributed by atoms with Crippen molar-refractivity contribution in [2.75, 3.05) is 20.2 Å². The highest BCUT2D eigenvalue weighted by Crippen LogP contribution is 2.30. The van der Waals surface area contributed by atoms with Crippen molar-refractivity contribution in [3.8, 4) is 0 Å². The molecule has 0 radical (unpaired) electrons. The van der Waals surface area contributed by atoms with Crippen LogP contribution in [0.4, 0.5) is 0 Å². The average molecular weight is 354 g/mol. The number of benzene rings is 1. The lowest BCUT2D eigenvalue weighted by Gasteiger charge is -2.36. The predicted octanol–water partition coefficient (Wildman–Crippen LogP) is 3.96. The van der Waals surface area contributed by atoms with Crippen molar-refractivity contribution >= 4 is 21.9 Å². The van der Waals surface area contributed by atoms with Crippen LogP contribution in [0.2, 0.25) is 0 Å². The van der Waals surface area contributed by atoms with E-state index in [2.05, 4.69) is 52.9 Å². The molecule has 1 fully saturated rings. The van der Waals surface area contributed by atoms with Crippen molar-refractivity contribution in [2.45, 2.75) is 39.2 Å². The van der Waals surface area contributed by atoms with Crippen molar-refractivity contribution in [3.63, 3.8) is 0 Å². The van der Waals surface area contributed by atoms with Gasteiger partial charge in [0.05, 0.1) is 13.0 Å². The zero-order valence-corrected chi connectivity index (χ0v) is 14.6. The van der Waals surface area contributed by atoms with E-state index in [0.29, 0.717) is 6.04 Å². The molecule has 4 heteroatoms. The summed E-state index contributed by atoms with van der Waals surface area (Å²) < 4.78 is 6.00. The number of hydrogen-bond acceptors (Lipinski definition) is 3. The molecule has 0 spiro atoms. The minimum Gasteiger partial charge on any atom is -0.469 e. The van der Waals surface area contributed by atoms with E-state index in [1.54, 1.807) is 0 Å². The lowest BCUT2D eigenvalue weighted by atomic mass is 9.93. The summed E-state index contributed by atoms with van der Waals surface area (Å²) in [6.45, 7) is 6.38. The maximum atomic E-state index is 11.6. The first kappa shape index (κ1) is 16.5. The average Bonchev–Trinajstić information content (AvgIpc) is 2.53. The SMILES string of the molecule is CCc1cc(Br)ccc1C(C)N1CCC(C(=O)OC)CC1. The van der Waals surface area contributed by atoms with Gasteiger partial charge in [-0.3, -0.25) is 9.69 Å². The minimum atomic E-state index is -0.0554. The molecule has 0 aliphatic carbocycles. The second-order valence-corrected chi connectivity index (χ2v) is 6.62. The van der Waals surface area contributed by atoms with Crippen LogP contribution in [0.25, 0.3) is 0 Å². The molecular weight excluding hydrogens is 330 g/mol. The third-order valence-electron chi connectivity index (χ3n) is 4.55. The van der Waals surface area contributed by atoms with Gasteiger partial charge in [-0.1, -0.05) is 28.9 Å². The molecule has 2 rings (SSSR count). The Labute approximate surface area is 135 Å². The van der Waals surface area contributed by atoms with Crippen LogP contribution in [0.5, 0.6) is 0 Å². The van der Waals surface area contributed by atoms with Gasteiger partial charge in [0.25, 0.3) is 0 Å². The van der Waals surface area contributed by atoms with Crippen molar-refractivity contribution in [3.05, 3.63) is 33.8 Å². The van der Waals surface area contributed by atoms with Crippen molar-refractivity contribution in [2.24, 2.45) is 5.92 Å². The van der Waals surface area contributed by atoms with E-state index in [9.17, 15) is 4.79 Å². The third kappa shape index (κ3) is 3.86. The molecule has 0 aromatic heterocycles. The highest BCUT2D eigenvalue weighted by atomic mass is 79.9. The van der Waals surface area contributed by atoms with Crippen molar-refractivity contribution in [1.29, 1.82) is 0 Å². The van der Waals surface area contributed by atoms with Gasteiger partial charge in [0.2, 0.25) is 0 Å². The molecule has 1 aromatic rings. The number of carbonyl (C=O) groups is 1. The van der Waals surface area contributed by atoms with E-state index >= 15 is 0 Å². The number of methoxy groups -OCH3 is 1. The molecule has 0 saturated carbocycles. The molecule has 0 amide bonds. The second kappa shape index (κ2) is 7.41. The monoisotopic (exact) mass is 353 g/mol. The Balaban J connectivity index is 2.05. The van der Waals surface area contributed by atoms with E-state index < -0.39 is 0 Å². The Kier molecular flexibility index (Phi) is 5.82. The smallest absolute Gasteiger partial charge is 0.308 e. The van der Waals surface area contributed by atoms with Gasteiger partial charge in [-0.05, 0) is 62.5 Å². The van der Waals surface area contributed by atoms with E-state index in [1.807, 2.05) is 0 Å². The summed E-state index contributed by atoms with van der Waals surface area (Å²) in [5, 5.41) is 0. The highest BCUT2D eigenvalue weighted by Gasteiger charge is 2.28. The van der Waals surface area contributed by atoms with Crippen molar-refractivity contribution < 1.29 is 9.53 Å². The fourth-order valence-corrected chi connectivity index (χ4v) is 3.58. The van der Waals surface area contributed by atoms with Crippen molar-refractivity contribution in [1.82, 2.24) is 4.90 Å². The molecule has 1 unspecified atom stereocenters. The normalized spacial score (nSPS) is 18.5. The lowest BCUT2D eigenvalue weighted by molar-refractivity contribution is -0.147. The van der Waals surface area contributed by atoms with E-state index in [1.165, 1.54) is 18.2 Å². The largest absolute Gasteiger partial charge is 0.469 e. The van der Waals surface area contributed by atoms with E-state index in [0.717, 1.165) is 36.8 Å². The predicted molar refractivity (Wildman–Crippen MR) is 88.2 cm³/mol. The number of halogens is 1. The molecule has 1 atom stereocenters. The fourth-order valence-electron chi connectivity index (χ4n) is 3.17. The van der Waals surface area contributed by atoms with Gasteiger partial charge >= 0.3 is 5.97 Å². The Morgan fingerprint density at radius 2 is 2.10 bits per heavy atom. The maximum absolute atomic E-state index is 11.6. The summed E-state index contributed by atoms with van der Waals surface area (Å²) in [5.74, 6) is 0.0224. The van der Waals surface area contributed by atoms with Crippen LogP contribution in [0.15, 0.2) is 22.7 Å². The first-order valence-corrected chi connectivity index (χ1v) is 8.46. The Hall–Kier alpha value is -0.870. The van der Waals surface area contributed by atoms with E-state index in [-0.39, 0.29) is 11.9 Å². The number of likely N-dealkylation sites (tertiary alicyclic amines) is 1. The fraction of sp³-hybridized carbons (Fsp3) is 0.588. The number of piperidine rings is 1. The number of carbonyl (C=O) groups excluding carboxylic acids is 1. The second-order valence-electron chi connectivity index (χ2n) is 5.71. The Morgan fingerprint density at radius 3 is 2.67 bits per heavy atom. The third-order valence-corrected chi connectivity index (χ3v) is 5.04. The highest BCUT2D eigenvalue weighted by molar-refractivity contribution is 9.10. The van der Waals surface area contributed by atoms with Crippen LogP contribution < -0.4 is 0 Å². The number of ether oxygens (including phenoxy) is 1. The number of esters is 1. The number of hydrogen-bond donors (Lipinski definition) is 0. The zero-order valence-electron chi connectivity index (χ0n) is 13.1. The van der Waals surface area contributed by atoms with Gasteiger partial charge in [-0.2, -0.15) is 0 Å². The first-order chi connectivity index (χ1) is 10.1. The first-order valence-electron chi connectivity index (χ1n) is 7.67. The van der Waals surface area contributed by atoms with Crippen LogP contribution in [-0.2, 0) is 16.0 Å². The van der Waals surface area contributed by atoms with Crippen LogP contribution >= 0.6 is 15.9 Å². The molecule has 1 heterocycles. The number of nitrogens with zero attached hydrogens (tertiary/aromatic N) is 1. The number of rotatable bonds is 4. The molecule has 1 saturated heterocycles. The van der Waals surface area contributed by atoms with Gasteiger partial charge in [0.1, 0.15) is 0 Å². The summed E-state index contributed by atoms with van der Waals surface area (Å²) in [5.41, 5.74) is 2.80. The summed E-state index contributed by atoms with van der Waals surface area (Å²) in [6.07, 6.45) is 2.84. The zero-order chi connectivity index (χ0) is 15.4. The molecule has 3 nitrogen and oxygen atoms in total. The van der Waals surface area contributed by atoms with Crippen LogP contribution in [0.1, 0.15) is 43.9 Å². The molecular formula is C17H24BrNO2.